The number of unbranched alkanes of at least 4 members (excludes halogenated alkanes) is 1. The molecule has 0 bridgehead atoms. The normalized spacial score (nSPS) is 25.7. The molecule has 0 fully saturated rings. The summed E-state index contributed by atoms with van der Waals surface area (Å²) in [5.41, 5.74) is 0.950. The van der Waals surface area contributed by atoms with Crippen LogP contribution in [0.4, 0.5) is 0 Å². The second-order valence-electron chi connectivity index (χ2n) is 5.72. The van der Waals surface area contributed by atoms with Gasteiger partial charge in [0.25, 0.3) is 20.2 Å². The fraction of sp³-hybridized carbons (Fsp3) is 0.571. The largest absolute Gasteiger partial charge is 0.285 e. The zero-order chi connectivity index (χ0) is 16.5. The number of hydrogen-bond acceptors (Lipinski definition) is 4. The van der Waals surface area contributed by atoms with Crippen molar-refractivity contribution in [3.8, 4) is 0 Å². The second-order valence-corrected chi connectivity index (χ2v) is 8.83. The molecule has 3 unspecified atom stereocenters. The van der Waals surface area contributed by atoms with E-state index in [1.54, 1.807) is 18.2 Å². The maximum Gasteiger partial charge on any atom is 0.273 e. The molecule has 22 heavy (non-hydrogen) atoms. The molecule has 6 nitrogen and oxygen atoms in total. The van der Waals surface area contributed by atoms with Gasteiger partial charge in [-0.25, -0.2) is 0 Å². The molecule has 1 aliphatic rings. The Labute approximate surface area is 131 Å². The zero-order valence-corrected chi connectivity index (χ0v) is 13.8. The van der Waals surface area contributed by atoms with Crippen LogP contribution in [0.2, 0.25) is 0 Å². The molecule has 3 atom stereocenters. The summed E-state index contributed by atoms with van der Waals surface area (Å²) in [5.74, 6) is -0.545. The minimum Gasteiger partial charge on any atom is -0.285 e. The summed E-state index contributed by atoms with van der Waals surface area (Å²) in [4.78, 5) is 0. The third-order valence-electron chi connectivity index (χ3n) is 4.20. The van der Waals surface area contributed by atoms with Crippen molar-refractivity contribution in [2.75, 3.05) is 0 Å². The lowest BCUT2D eigenvalue weighted by molar-refractivity contribution is 0.356. The average Bonchev–Trinajstić information content (AvgIpc) is 2.41. The van der Waals surface area contributed by atoms with Gasteiger partial charge in [0.05, 0.1) is 0 Å². The van der Waals surface area contributed by atoms with Crippen LogP contribution in [0.3, 0.4) is 0 Å². The highest BCUT2D eigenvalue weighted by molar-refractivity contribution is 7.90. The van der Waals surface area contributed by atoms with Gasteiger partial charge in [-0.15, -0.1) is 0 Å². The lowest BCUT2D eigenvalue weighted by Gasteiger charge is -2.36. The van der Waals surface area contributed by atoms with Gasteiger partial charge in [-0.2, -0.15) is 16.8 Å². The molecule has 2 N–H and O–H groups in total. The van der Waals surface area contributed by atoms with E-state index in [0.717, 1.165) is 12.8 Å². The standard InChI is InChI=1S/C14H20O6S2/c1-2-3-6-11-9-10-7-4-5-8-12(10)14(22(18,19)20)13(11)21(15,16)17/h4-5,7-8,11,13-14H,2-3,6,9H2,1H3,(H,15,16,17)(H,18,19,20). The summed E-state index contributed by atoms with van der Waals surface area (Å²) < 4.78 is 66.4. The predicted octanol–water partition coefficient (Wildman–Crippen LogP) is 2.23. The lowest BCUT2D eigenvalue weighted by atomic mass is 9.80. The first kappa shape index (κ1) is 17.4. The molecule has 0 saturated carbocycles. The Morgan fingerprint density at radius 2 is 1.73 bits per heavy atom. The maximum atomic E-state index is 11.8. The highest BCUT2D eigenvalue weighted by Gasteiger charge is 2.49. The van der Waals surface area contributed by atoms with E-state index < -0.39 is 36.7 Å². The topological polar surface area (TPSA) is 109 Å². The molecule has 8 heteroatoms. The minimum absolute atomic E-state index is 0.250. The van der Waals surface area contributed by atoms with E-state index in [1.165, 1.54) is 6.07 Å². The molecule has 0 radical (unpaired) electrons. The van der Waals surface area contributed by atoms with Gasteiger partial charge in [0.2, 0.25) is 0 Å². The highest BCUT2D eigenvalue weighted by atomic mass is 32.2. The summed E-state index contributed by atoms with van der Waals surface area (Å²) in [6.45, 7) is 1.94. The number of benzene rings is 1. The Hall–Kier alpha value is -0.960. The summed E-state index contributed by atoms with van der Waals surface area (Å²) >= 11 is 0. The number of fused-ring (bicyclic) bond motifs is 1. The molecule has 2 rings (SSSR count). The van der Waals surface area contributed by atoms with Gasteiger partial charge in [-0.1, -0.05) is 44.0 Å². The first-order valence-electron chi connectivity index (χ1n) is 7.16. The van der Waals surface area contributed by atoms with Crippen LogP contribution in [-0.2, 0) is 26.7 Å². The molecular formula is C14H20O6S2. The summed E-state index contributed by atoms with van der Waals surface area (Å²) in [6.07, 6.45) is 2.39. The molecule has 0 saturated heterocycles. The molecule has 0 aliphatic heterocycles. The van der Waals surface area contributed by atoms with E-state index in [2.05, 4.69) is 0 Å². The SMILES string of the molecule is CCCCC1Cc2ccccc2C(S(=O)(=O)O)C1S(=O)(=O)O. The van der Waals surface area contributed by atoms with Crippen molar-refractivity contribution in [3.63, 3.8) is 0 Å². The average molecular weight is 348 g/mol. The van der Waals surface area contributed by atoms with Crippen LogP contribution in [0.1, 0.15) is 42.6 Å². The van der Waals surface area contributed by atoms with Gasteiger partial charge < -0.3 is 0 Å². The quantitative estimate of drug-likeness (QED) is 0.790. The molecule has 0 heterocycles. The number of hydrogen-bond donors (Lipinski definition) is 2. The Kier molecular flexibility index (Phi) is 4.96. The fourth-order valence-electron chi connectivity index (χ4n) is 3.28. The first-order chi connectivity index (χ1) is 10.2. The van der Waals surface area contributed by atoms with E-state index in [4.69, 9.17) is 0 Å². The van der Waals surface area contributed by atoms with Crippen molar-refractivity contribution in [3.05, 3.63) is 35.4 Å². The van der Waals surface area contributed by atoms with E-state index in [9.17, 15) is 25.9 Å². The molecule has 1 aromatic carbocycles. The maximum absolute atomic E-state index is 11.8. The van der Waals surface area contributed by atoms with Gasteiger partial charge in [0.1, 0.15) is 10.5 Å². The van der Waals surface area contributed by atoms with E-state index >= 15 is 0 Å². The Morgan fingerprint density at radius 1 is 1.09 bits per heavy atom. The van der Waals surface area contributed by atoms with Gasteiger partial charge in [-0.05, 0) is 29.9 Å². The monoisotopic (exact) mass is 348 g/mol. The third kappa shape index (κ3) is 3.51. The first-order valence-corrected chi connectivity index (χ1v) is 10.2. The van der Waals surface area contributed by atoms with Gasteiger partial charge in [0, 0.05) is 0 Å². The van der Waals surface area contributed by atoms with Gasteiger partial charge in [0.15, 0.2) is 0 Å². The highest BCUT2D eigenvalue weighted by Crippen LogP contribution is 2.43. The van der Waals surface area contributed by atoms with Crippen molar-refractivity contribution in [1.82, 2.24) is 0 Å². The number of rotatable bonds is 5. The second kappa shape index (κ2) is 6.27. The smallest absolute Gasteiger partial charge is 0.273 e. The van der Waals surface area contributed by atoms with Crippen LogP contribution in [0.15, 0.2) is 24.3 Å². The molecule has 1 aromatic rings. The van der Waals surface area contributed by atoms with Crippen molar-refractivity contribution in [2.45, 2.75) is 43.1 Å². The van der Waals surface area contributed by atoms with E-state index in [0.29, 0.717) is 18.4 Å². The summed E-state index contributed by atoms with van der Waals surface area (Å²) in [7, 11) is -9.29. The van der Waals surface area contributed by atoms with Crippen LogP contribution in [0.5, 0.6) is 0 Å². The zero-order valence-electron chi connectivity index (χ0n) is 12.2. The molecule has 0 amide bonds. The van der Waals surface area contributed by atoms with E-state index in [-0.39, 0.29) is 5.56 Å². The summed E-state index contributed by atoms with van der Waals surface area (Å²) in [6, 6.07) is 6.55. The van der Waals surface area contributed by atoms with Crippen molar-refractivity contribution in [2.24, 2.45) is 5.92 Å². The Balaban J connectivity index is 2.62. The molecule has 0 spiro atoms. The Bertz CT molecular complexity index is 738. The fourth-order valence-corrected chi connectivity index (χ4v) is 6.41. The Morgan fingerprint density at radius 3 is 2.27 bits per heavy atom. The van der Waals surface area contributed by atoms with Crippen LogP contribution in [0, 0.1) is 5.92 Å². The minimum atomic E-state index is -4.67. The van der Waals surface area contributed by atoms with Crippen LogP contribution in [0.25, 0.3) is 0 Å². The molecule has 1 aliphatic carbocycles. The predicted molar refractivity (Wildman–Crippen MR) is 82.8 cm³/mol. The van der Waals surface area contributed by atoms with Crippen LogP contribution in [-0.4, -0.2) is 31.2 Å². The van der Waals surface area contributed by atoms with Crippen molar-refractivity contribution in [1.29, 1.82) is 0 Å². The third-order valence-corrected chi connectivity index (χ3v) is 6.91. The van der Waals surface area contributed by atoms with Crippen molar-refractivity contribution >= 4 is 20.2 Å². The molecule has 0 aromatic heterocycles. The van der Waals surface area contributed by atoms with E-state index in [1.807, 2.05) is 6.92 Å². The van der Waals surface area contributed by atoms with Gasteiger partial charge in [-0.3, -0.25) is 9.11 Å². The van der Waals surface area contributed by atoms with Crippen LogP contribution >= 0.6 is 0 Å². The molecular weight excluding hydrogens is 328 g/mol. The lowest BCUT2D eigenvalue weighted by Crippen LogP contribution is -2.43. The van der Waals surface area contributed by atoms with Gasteiger partial charge >= 0.3 is 0 Å². The van der Waals surface area contributed by atoms with Crippen LogP contribution < -0.4 is 0 Å². The molecule has 124 valence electrons. The van der Waals surface area contributed by atoms with Crippen molar-refractivity contribution < 1.29 is 25.9 Å². The summed E-state index contributed by atoms with van der Waals surface area (Å²) in [5, 5.41) is -3.18.